The first-order chi connectivity index (χ1) is 15.9. The smallest absolute Gasteiger partial charge is 0.258 e. The predicted octanol–water partition coefficient (Wildman–Crippen LogP) is 4.37. The van der Waals surface area contributed by atoms with E-state index in [2.05, 4.69) is 15.6 Å². The van der Waals surface area contributed by atoms with E-state index in [-0.39, 0.29) is 24.5 Å². The van der Waals surface area contributed by atoms with Crippen LogP contribution in [0.1, 0.15) is 31.1 Å². The number of ether oxygens (including phenoxy) is 3. The monoisotopic (exact) mass is 469 g/mol. The van der Waals surface area contributed by atoms with Crippen LogP contribution in [0.15, 0.2) is 47.8 Å². The van der Waals surface area contributed by atoms with E-state index in [1.165, 1.54) is 18.4 Å². The molecule has 0 saturated carbocycles. The molecule has 1 heterocycles. The van der Waals surface area contributed by atoms with Crippen LogP contribution >= 0.6 is 11.3 Å². The number of amides is 2. The van der Waals surface area contributed by atoms with Gasteiger partial charge >= 0.3 is 0 Å². The third-order valence-corrected chi connectivity index (χ3v) is 5.18. The summed E-state index contributed by atoms with van der Waals surface area (Å²) in [5.74, 6) is 0.892. The Morgan fingerprint density at radius 1 is 1.06 bits per heavy atom. The quantitative estimate of drug-likeness (QED) is 0.457. The molecule has 0 unspecified atom stereocenters. The zero-order chi connectivity index (χ0) is 23.8. The van der Waals surface area contributed by atoms with Crippen LogP contribution in [-0.2, 0) is 4.79 Å². The first-order valence-electron chi connectivity index (χ1n) is 10.5. The van der Waals surface area contributed by atoms with Gasteiger partial charge in [0.15, 0.2) is 23.2 Å². The highest BCUT2D eigenvalue weighted by Crippen LogP contribution is 2.33. The lowest BCUT2D eigenvalue weighted by molar-refractivity contribution is -0.123. The van der Waals surface area contributed by atoms with Crippen molar-refractivity contribution in [3.63, 3.8) is 0 Å². The minimum absolute atomic E-state index is 0.0214. The van der Waals surface area contributed by atoms with Crippen LogP contribution < -0.4 is 24.8 Å². The Morgan fingerprint density at radius 3 is 2.58 bits per heavy atom. The van der Waals surface area contributed by atoms with Crippen molar-refractivity contribution in [2.24, 2.45) is 0 Å². The molecule has 0 atom stereocenters. The molecule has 0 bridgehead atoms. The molecule has 2 amide bonds. The number of methoxy groups -OCH3 is 1. The second-order valence-electron chi connectivity index (χ2n) is 7.30. The van der Waals surface area contributed by atoms with E-state index in [9.17, 15) is 9.59 Å². The van der Waals surface area contributed by atoms with Gasteiger partial charge in [-0.3, -0.25) is 14.9 Å². The van der Waals surface area contributed by atoms with Gasteiger partial charge in [-0.05, 0) is 51.1 Å². The minimum Gasteiger partial charge on any atom is -0.493 e. The molecule has 0 spiro atoms. The SMILES string of the molecule is CCOc1ccccc1-c1csc(NC(=O)c2ccc(OCC(=O)NC(C)C)c(OC)c2)n1. The Labute approximate surface area is 196 Å². The maximum atomic E-state index is 12.8. The third-order valence-electron chi connectivity index (χ3n) is 4.42. The van der Waals surface area contributed by atoms with Crippen LogP contribution in [0.3, 0.4) is 0 Å². The first-order valence-corrected chi connectivity index (χ1v) is 11.4. The van der Waals surface area contributed by atoms with E-state index in [0.29, 0.717) is 28.8 Å². The Kier molecular flexibility index (Phi) is 8.26. The molecule has 0 fully saturated rings. The van der Waals surface area contributed by atoms with Gasteiger partial charge in [0.05, 0.1) is 19.4 Å². The van der Waals surface area contributed by atoms with Gasteiger partial charge in [0.25, 0.3) is 11.8 Å². The van der Waals surface area contributed by atoms with Crippen molar-refractivity contribution in [1.82, 2.24) is 10.3 Å². The highest BCUT2D eigenvalue weighted by atomic mass is 32.1. The molecule has 0 radical (unpaired) electrons. The molecule has 3 aromatic rings. The largest absolute Gasteiger partial charge is 0.493 e. The lowest BCUT2D eigenvalue weighted by atomic mass is 10.1. The van der Waals surface area contributed by atoms with E-state index in [0.717, 1.165) is 17.0 Å². The maximum Gasteiger partial charge on any atom is 0.258 e. The van der Waals surface area contributed by atoms with Crippen molar-refractivity contribution in [3.05, 3.63) is 53.4 Å². The normalized spacial score (nSPS) is 10.6. The summed E-state index contributed by atoms with van der Waals surface area (Å²) in [5, 5.41) is 7.89. The number of rotatable bonds is 10. The van der Waals surface area contributed by atoms with Crippen molar-refractivity contribution in [2.45, 2.75) is 26.8 Å². The molecule has 1 aromatic heterocycles. The van der Waals surface area contributed by atoms with Gasteiger partial charge in [0.2, 0.25) is 0 Å². The summed E-state index contributed by atoms with van der Waals surface area (Å²) >= 11 is 1.32. The second kappa shape index (κ2) is 11.3. The van der Waals surface area contributed by atoms with E-state index in [1.54, 1.807) is 18.2 Å². The Balaban J connectivity index is 1.69. The lowest BCUT2D eigenvalue weighted by Crippen LogP contribution is -2.34. The predicted molar refractivity (Wildman–Crippen MR) is 128 cm³/mol. The van der Waals surface area contributed by atoms with Gasteiger partial charge in [-0.1, -0.05) is 12.1 Å². The highest BCUT2D eigenvalue weighted by molar-refractivity contribution is 7.14. The first kappa shape index (κ1) is 24.1. The van der Waals surface area contributed by atoms with Crippen LogP contribution in [-0.4, -0.2) is 43.2 Å². The lowest BCUT2D eigenvalue weighted by Gasteiger charge is -2.13. The zero-order valence-electron chi connectivity index (χ0n) is 19.0. The molecule has 2 aromatic carbocycles. The topological polar surface area (TPSA) is 98.8 Å². The van der Waals surface area contributed by atoms with Crippen molar-refractivity contribution >= 4 is 28.3 Å². The summed E-state index contributed by atoms with van der Waals surface area (Å²) in [6, 6.07) is 12.4. The van der Waals surface area contributed by atoms with E-state index in [1.807, 2.05) is 50.4 Å². The number of para-hydroxylation sites is 1. The molecule has 0 aliphatic heterocycles. The molecule has 8 nitrogen and oxygen atoms in total. The number of carbonyl (C=O) groups excluding carboxylic acids is 2. The Hall–Kier alpha value is -3.59. The highest BCUT2D eigenvalue weighted by Gasteiger charge is 2.15. The fourth-order valence-corrected chi connectivity index (χ4v) is 3.72. The molecule has 0 saturated heterocycles. The fraction of sp³-hybridized carbons (Fsp3) is 0.292. The average molecular weight is 470 g/mol. The number of nitrogens with zero attached hydrogens (tertiary/aromatic N) is 1. The standard InChI is InChI=1S/C24H27N3O5S/c1-5-31-19-9-7-6-8-17(19)18-14-33-24(26-18)27-23(29)16-10-11-20(21(12-16)30-4)32-13-22(28)25-15(2)3/h6-12,14-15H,5,13H2,1-4H3,(H,25,28)(H,26,27,29). The molecule has 174 valence electrons. The number of hydrogen-bond acceptors (Lipinski definition) is 7. The molecule has 2 N–H and O–H groups in total. The van der Waals surface area contributed by atoms with Gasteiger partial charge in [0, 0.05) is 22.5 Å². The number of nitrogens with one attached hydrogen (secondary N) is 2. The number of benzene rings is 2. The number of carbonyl (C=O) groups is 2. The van der Waals surface area contributed by atoms with Crippen LogP contribution in [0, 0.1) is 0 Å². The van der Waals surface area contributed by atoms with Crippen molar-refractivity contribution in [1.29, 1.82) is 0 Å². The summed E-state index contributed by atoms with van der Waals surface area (Å²) in [6.07, 6.45) is 0. The van der Waals surface area contributed by atoms with Crippen LogP contribution in [0.25, 0.3) is 11.3 Å². The maximum absolute atomic E-state index is 12.8. The molecule has 33 heavy (non-hydrogen) atoms. The van der Waals surface area contributed by atoms with Crippen LogP contribution in [0.5, 0.6) is 17.2 Å². The van der Waals surface area contributed by atoms with E-state index in [4.69, 9.17) is 14.2 Å². The van der Waals surface area contributed by atoms with Gasteiger partial charge in [-0.15, -0.1) is 11.3 Å². The summed E-state index contributed by atoms with van der Waals surface area (Å²) in [7, 11) is 1.47. The van der Waals surface area contributed by atoms with Crippen molar-refractivity contribution < 1.29 is 23.8 Å². The van der Waals surface area contributed by atoms with Gasteiger partial charge < -0.3 is 19.5 Å². The number of anilines is 1. The van der Waals surface area contributed by atoms with Gasteiger partial charge in [-0.2, -0.15) is 0 Å². The molecular weight excluding hydrogens is 442 g/mol. The van der Waals surface area contributed by atoms with Crippen LogP contribution in [0.4, 0.5) is 5.13 Å². The zero-order valence-corrected chi connectivity index (χ0v) is 19.8. The number of aromatic nitrogens is 1. The van der Waals surface area contributed by atoms with Crippen molar-refractivity contribution in [2.75, 3.05) is 25.6 Å². The van der Waals surface area contributed by atoms with E-state index >= 15 is 0 Å². The number of hydrogen-bond donors (Lipinski definition) is 2. The minimum atomic E-state index is -0.337. The Morgan fingerprint density at radius 2 is 1.85 bits per heavy atom. The molecule has 0 aliphatic carbocycles. The average Bonchev–Trinajstić information content (AvgIpc) is 3.26. The molecule has 3 rings (SSSR count). The molecule has 9 heteroatoms. The summed E-state index contributed by atoms with van der Waals surface area (Å²) in [6.45, 7) is 6.07. The van der Waals surface area contributed by atoms with E-state index < -0.39 is 0 Å². The molecular formula is C24H27N3O5S. The number of thiazole rings is 1. The summed E-state index contributed by atoms with van der Waals surface area (Å²) in [5.41, 5.74) is 1.96. The van der Waals surface area contributed by atoms with Gasteiger partial charge in [-0.25, -0.2) is 4.98 Å². The van der Waals surface area contributed by atoms with Crippen molar-refractivity contribution in [3.8, 4) is 28.5 Å². The second-order valence-corrected chi connectivity index (χ2v) is 8.16. The molecule has 0 aliphatic rings. The Bertz CT molecular complexity index is 1110. The van der Waals surface area contributed by atoms with Crippen LogP contribution in [0.2, 0.25) is 0 Å². The summed E-state index contributed by atoms with van der Waals surface area (Å²) < 4.78 is 16.5. The fourth-order valence-electron chi connectivity index (χ4n) is 3.02. The third kappa shape index (κ3) is 6.45. The van der Waals surface area contributed by atoms with Gasteiger partial charge in [0.1, 0.15) is 5.75 Å². The summed E-state index contributed by atoms with van der Waals surface area (Å²) in [4.78, 5) is 29.1.